The van der Waals surface area contributed by atoms with E-state index in [2.05, 4.69) is 31.3 Å². The number of carbonyl (C=O) groups excluding carboxylic acids is 2. The van der Waals surface area contributed by atoms with Crippen LogP contribution in [-0.4, -0.2) is 47.4 Å². The van der Waals surface area contributed by atoms with Crippen LogP contribution in [0.15, 0.2) is 12.2 Å². The highest BCUT2D eigenvalue weighted by atomic mass is 16.5. The lowest BCUT2D eigenvalue weighted by Crippen LogP contribution is -2.45. The summed E-state index contributed by atoms with van der Waals surface area (Å²) in [5, 5.41) is 23.4. The molecule has 0 aliphatic rings. The van der Waals surface area contributed by atoms with E-state index in [-0.39, 0.29) is 18.5 Å². The van der Waals surface area contributed by atoms with Crippen LogP contribution in [0.1, 0.15) is 438 Å². The van der Waals surface area contributed by atoms with Gasteiger partial charge in [-0.25, -0.2) is 0 Å². The van der Waals surface area contributed by atoms with E-state index in [9.17, 15) is 19.8 Å². The summed E-state index contributed by atoms with van der Waals surface area (Å²) in [4.78, 5) is 24.6. The quantitative estimate of drug-likeness (QED) is 0.0320. The minimum atomic E-state index is -0.663. The lowest BCUT2D eigenvalue weighted by molar-refractivity contribution is -0.143. The van der Waals surface area contributed by atoms with Gasteiger partial charge in [0.05, 0.1) is 25.4 Å². The summed E-state index contributed by atoms with van der Waals surface area (Å²) >= 11 is 0. The number of aliphatic hydroxyl groups excluding tert-OH is 2. The summed E-state index contributed by atoms with van der Waals surface area (Å²) in [5.41, 5.74) is 0. The Morgan fingerprint density at radius 1 is 0.329 bits per heavy atom. The van der Waals surface area contributed by atoms with Gasteiger partial charge in [-0.3, -0.25) is 9.59 Å². The van der Waals surface area contributed by atoms with Gasteiger partial charge in [0.1, 0.15) is 0 Å². The molecule has 0 rings (SSSR count). The van der Waals surface area contributed by atoms with Crippen molar-refractivity contribution in [3.63, 3.8) is 0 Å². The molecule has 0 aliphatic carbocycles. The van der Waals surface area contributed by atoms with E-state index < -0.39 is 12.1 Å². The number of ether oxygens (including phenoxy) is 1. The molecule has 6 heteroatoms. The highest BCUT2D eigenvalue weighted by Crippen LogP contribution is 2.20. The molecule has 0 bridgehead atoms. The molecule has 488 valence electrons. The van der Waals surface area contributed by atoms with Crippen molar-refractivity contribution in [3.05, 3.63) is 12.2 Å². The Balaban J connectivity index is 3.35. The van der Waals surface area contributed by atoms with Crippen LogP contribution >= 0.6 is 0 Å². The van der Waals surface area contributed by atoms with Gasteiger partial charge in [0.25, 0.3) is 0 Å². The van der Waals surface area contributed by atoms with E-state index in [1.165, 1.54) is 366 Å². The Labute approximate surface area is 514 Å². The molecule has 0 saturated carbocycles. The maximum absolute atomic E-state index is 12.6. The minimum absolute atomic E-state index is 0.0204. The Bertz CT molecular complexity index is 1240. The zero-order chi connectivity index (χ0) is 59.2. The topological polar surface area (TPSA) is 95.9 Å². The number of aliphatic hydroxyl groups is 2. The van der Waals surface area contributed by atoms with Crippen LogP contribution < -0.4 is 5.32 Å². The number of carbonyl (C=O) groups is 2. The number of esters is 1. The van der Waals surface area contributed by atoms with E-state index in [0.29, 0.717) is 25.9 Å². The molecule has 0 fully saturated rings. The highest BCUT2D eigenvalue weighted by molar-refractivity contribution is 5.76. The molecule has 0 radical (unpaired) electrons. The highest BCUT2D eigenvalue weighted by Gasteiger charge is 2.20. The molecule has 0 aromatic carbocycles. The molecular formula is C76H149NO5. The van der Waals surface area contributed by atoms with E-state index in [0.717, 1.165) is 38.5 Å². The minimum Gasteiger partial charge on any atom is -0.466 e. The zero-order valence-electron chi connectivity index (χ0n) is 56.0. The standard InChI is InChI=1S/C76H149NO5/c1-3-5-7-9-11-13-15-17-18-19-20-32-35-38-41-45-48-52-56-60-64-68-74(79)73(72-78)77-75(80)69-65-61-57-53-49-46-42-39-36-33-30-28-26-24-22-21-23-25-27-29-31-34-37-40-43-47-51-55-59-63-67-71-82-76(81)70-66-62-58-54-50-44-16-14-12-10-8-6-4-2/h23,25,73-74,78-79H,3-22,24,26-72H2,1-2H3,(H,77,80)/b25-23-. The van der Waals surface area contributed by atoms with Gasteiger partial charge in [-0.15, -0.1) is 0 Å². The normalized spacial score (nSPS) is 12.5. The average molecular weight is 1160 g/mol. The number of nitrogens with one attached hydrogen (secondary N) is 1. The van der Waals surface area contributed by atoms with Crippen molar-refractivity contribution in [1.29, 1.82) is 0 Å². The summed E-state index contributed by atoms with van der Waals surface area (Å²) < 4.78 is 5.49. The molecule has 0 aromatic rings. The third-order valence-electron chi connectivity index (χ3n) is 18.1. The van der Waals surface area contributed by atoms with Gasteiger partial charge in [0.15, 0.2) is 0 Å². The van der Waals surface area contributed by atoms with Gasteiger partial charge in [0.2, 0.25) is 5.91 Å². The third-order valence-corrected chi connectivity index (χ3v) is 18.1. The summed E-state index contributed by atoms with van der Waals surface area (Å²) in [6.45, 7) is 5.01. The molecule has 0 aliphatic heterocycles. The molecule has 2 atom stereocenters. The fourth-order valence-electron chi connectivity index (χ4n) is 12.3. The van der Waals surface area contributed by atoms with E-state index in [1.807, 2.05) is 0 Å². The smallest absolute Gasteiger partial charge is 0.305 e. The predicted molar refractivity (Wildman–Crippen MR) is 361 cm³/mol. The Morgan fingerprint density at radius 3 is 0.866 bits per heavy atom. The zero-order valence-corrected chi connectivity index (χ0v) is 56.0. The van der Waals surface area contributed by atoms with Crippen LogP contribution in [-0.2, 0) is 14.3 Å². The van der Waals surface area contributed by atoms with Crippen molar-refractivity contribution < 1.29 is 24.5 Å². The van der Waals surface area contributed by atoms with Crippen molar-refractivity contribution in [3.8, 4) is 0 Å². The summed E-state index contributed by atoms with van der Waals surface area (Å²) in [6.07, 6.45) is 90.0. The molecule has 1 amide bonds. The second-order valence-electron chi connectivity index (χ2n) is 26.3. The van der Waals surface area contributed by atoms with Gasteiger partial charge < -0.3 is 20.3 Å². The predicted octanol–water partition coefficient (Wildman–Crippen LogP) is 24.7. The van der Waals surface area contributed by atoms with Crippen molar-refractivity contribution in [2.75, 3.05) is 13.2 Å². The maximum Gasteiger partial charge on any atom is 0.305 e. The second-order valence-corrected chi connectivity index (χ2v) is 26.3. The van der Waals surface area contributed by atoms with Crippen LogP contribution in [0.4, 0.5) is 0 Å². The Morgan fingerprint density at radius 2 is 0.573 bits per heavy atom. The second kappa shape index (κ2) is 72.1. The first-order valence-corrected chi connectivity index (χ1v) is 37.9. The fourth-order valence-corrected chi connectivity index (χ4v) is 12.3. The van der Waals surface area contributed by atoms with Crippen LogP contribution in [0.25, 0.3) is 0 Å². The van der Waals surface area contributed by atoms with Crippen LogP contribution in [0.3, 0.4) is 0 Å². The molecular weight excluding hydrogens is 1010 g/mol. The third kappa shape index (κ3) is 67.7. The van der Waals surface area contributed by atoms with E-state index in [4.69, 9.17) is 4.74 Å². The van der Waals surface area contributed by atoms with Crippen molar-refractivity contribution in [2.45, 2.75) is 450 Å². The van der Waals surface area contributed by atoms with Crippen molar-refractivity contribution >= 4 is 11.9 Å². The fraction of sp³-hybridized carbons (Fsp3) is 0.947. The first-order valence-electron chi connectivity index (χ1n) is 37.9. The average Bonchev–Trinajstić information content (AvgIpc) is 3.48. The summed E-state index contributed by atoms with van der Waals surface area (Å²) in [5.74, 6) is -0.00712. The molecule has 0 aromatic heterocycles. The molecule has 82 heavy (non-hydrogen) atoms. The van der Waals surface area contributed by atoms with Gasteiger partial charge >= 0.3 is 5.97 Å². The van der Waals surface area contributed by atoms with E-state index in [1.54, 1.807) is 0 Å². The van der Waals surface area contributed by atoms with Gasteiger partial charge in [-0.2, -0.15) is 0 Å². The lowest BCUT2D eigenvalue weighted by atomic mass is 10.0. The number of amides is 1. The van der Waals surface area contributed by atoms with Crippen LogP contribution in [0.5, 0.6) is 0 Å². The number of hydrogen-bond acceptors (Lipinski definition) is 5. The molecule has 3 N–H and O–H groups in total. The maximum atomic E-state index is 12.6. The SMILES string of the molecule is CCCCCCCCCCCCCCCCCCCCCCCC(O)C(CO)NC(=O)CCCCCCCCCCCCCCCCC/C=C\CCCCCCCCCCCCCCOC(=O)CCCCCCCCCCCCCCC. The molecule has 2 unspecified atom stereocenters. The summed E-state index contributed by atoms with van der Waals surface area (Å²) in [7, 11) is 0. The first-order chi connectivity index (χ1) is 40.5. The summed E-state index contributed by atoms with van der Waals surface area (Å²) in [6, 6.07) is -0.540. The molecule has 6 nitrogen and oxygen atoms in total. The van der Waals surface area contributed by atoms with E-state index >= 15 is 0 Å². The molecule has 0 saturated heterocycles. The Kier molecular flexibility index (Phi) is 70.8. The lowest BCUT2D eigenvalue weighted by Gasteiger charge is -2.22. The van der Waals surface area contributed by atoms with Gasteiger partial charge in [-0.1, -0.05) is 386 Å². The molecule has 0 spiro atoms. The number of rotatable bonds is 72. The number of unbranched alkanes of at least 4 members (excludes halogenated alkanes) is 59. The molecule has 0 heterocycles. The van der Waals surface area contributed by atoms with Gasteiger partial charge in [-0.05, 0) is 51.4 Å². The largest absolute Gasteiger partial charge is 0.466 e. The number of hydrogen-bond donors (Lipinski definition) is 3. The van der Waals surface area contributed by atoms with Crippen molar-refractivity contribution in [2.24, 2.45) is 0 Å². The van der Waals surface area contributed by atoms with Crippen LogP contribution in [0.2, 0.25) is 0 Å². The van der Waals surface area contributed by atoms with Crippen LogP contribution in [0, 0.1) is 0 Å². The monoisotopic (exact) mass is 1160 g/mol. The van der Waals surface area contributed by atoms with Crippen molar-refractivity contribution in [1.82, 2.24) is 5.32 Å². The Hall–Kier alpha value is -1.40. The number of allylic oxidation sites excluding steroid dienone is 2. The first kappa shape index (κ1) is 80.6. The van der Waals surface area contributed by atoms with Gasteiger partial charge in [0, 0.05) is 12.8 Å².